The van der Waals surface area contributed by atoms with Gasteiger partial charge in [-0.2, -0.15) is 0 Å². The van der Waals surface area contributed by atoms with Gasteiger partial charge in [-0.05, 0) is 11.8 Å². The third-order valence-corrected chi connectivity index (χ3v) is 4.22. The molecule has 0 amide bonds. The molecule has 0 fully saturated rings. The average molecular weight is 235 g/mol. The molecule has 0 radical (unpaired) electrons. The molecule has 0 aromatic carbocycles. The Morgan fingerprint density at radius 1 is 1.27 bits per heavy atom. The minimum atomic E-state index is -2.82. The van der Waals surface area contributed by atoms with Crippen LogP contribution in [0.4, 0.5) is 0 Å². The molecule has 0 unspecified atom stereocenters. The van der Waals surface area contributed by atoms with Gasteiger partial charge in [-0.25, -0.2) is 8.42 Å². The first-order valence-electron chi connectivity index (χ1n) is 5.62. The molecule has 0 bridgehead atoms. The highest BCUT2D eigenvalue weighted by atomic mass is 32.2. The van der Waals surface area contributed by atoms with E-state index in [-0.39, 0.29) is 11.2 Å². The zero-order valence-electron chi connectivity index (χ0n) is 10.6. The summed E-state index contributed by atoms with van der Waals surface area (Å²) in [6.45, 7) is 11.0. The summed E-state index contributed by atoms with van der Waals surface area (Å²) in [6, 6.07) is 0.451. The molecule has 15 heavy (non-hydrogen) atoms. The molecule has 0 heterocycles. The Hall–Kier alpha value is -0.0900. The lowest BCUT2D eigenvalue weighted by molar-refractivity contribution is 0.317. The number of hydrogen-bond donors (Lipinski definition) is 1. The zero-order chi connectivity index (χ0) is 12.1. The maximum Gasteiger partial charge on any atom is 0.150 e. The van der Waals surface area contributed by atoms with Crippen LogP contribution in [0.2, 0.25) is 0 Å². The highest BCUT2D eigenvalue weighted by molar-refractivity contribution is 7.91. The van der Waals surface area contributed by atoms with E-state index in [1.807, 2.05) is 0 Å². The quantitative estimate of drug-likeness (QED) is 0.732. The van der Waals surface area contributed by atoms with E-state index in [9.17, 15) is 8.42 Å². The lowest BCUT2D eigenvalue weighted by Crippen LogP contribution is -2.35. The molecular weight excluding hydrogens is 210 g/mol. The van der Waals surface area contributed by atoms with Gasteiger partial charge in [0.15, 0.2) is 0 Å². The van der Waals surface area contributed by atoms with Crippen LogP contribution in [0.15, 0.2) is 0 Å². The molecule has 4 heteroatoms. The number of nitrogens with one attached hydrogen (secondary N) is 1. The second-order valence-electron chi connectivity index (χ2n) is 5.19. The first-order chi connectivity index (χ1) is 6.68. The molecular formula is C11H25NO2S. The third kappa shape index (κ3) is 7.79. The van der Waals surface area contributed by atoms with E-state index in [4.69, 9.17) is 0 Å². The van der Waals surface area contributed by atoms with Gasteiger partial charge in [-0.3, -0.25) is 0 Å². The lowest BCUT2D eigenvalue weighted by Gasteiger charge is -2.26. The molecule has 3 nitrogen and oxygen atoms in total. The molecule has 0 atom stereocenters. The Balaban J connectivity index is 4.04. The van der Waals surface area contributed by atoms with E-state index in [1.165, 1.54) is 0 Å². The largest absolute Gasteiger partial charge is 0.314 e. The Morgan fingerprint density at radius 2 is 1.80 bits per heavy atom. The zero-order valence-corrected chi connectivity index (χ0v) is 11.4. The average Bonchev–Trinajstić information content (AvgIpc) is 2.13. The highest BCUT2D eigenvalue weighted by Gasteiger charge is 2.21. The van der Waals surface area contributed by atoms with Gasteiger partial charge in [0, 0.05) is 18.3 Å². The lowest BCUT2D eigenvalue weighted by atomic mass is 9.90. The van der Waals surface area contributed by atoms with Crippen LogP contribution in [0.1, 0.15) is 41.0 Å². The van der Waals surface area contributed by atoms with Crippen molar-refractivity contribution >= 4 is 9.84 Å². The van der Waals surface area contributed by atoms with Crippen molar-refractivity contribution in [1.82, 2.24) is 5.32 Å². The molecule has 1 N–H and O–H groups in total. The summed E-state index contributed by atoms with van der Waals surface area (Å²) in [7, 11) is -2.82. The Labute approximate surface area is 94.6 Å². The van der Waals surface area contributed by atoms with Crippen molar-refractivity contribution in [1.29, 1.82) is 0 Å². The summed E-state index contributed by atoms with van der Waals surface area (Å²) in [5.74, 6) is 0.553. The van der Waals surface area contributed by atoms with Gasteiger partial charge < -0.3 is 5.32 Å². The van der Waals surface area contributed by atoms with Crippen molar-refractivity contribution in [3.8, 4) is 0 Å². The van der Waals surface area contributed by atoms with Gasteiger partial charge in [-0.1, -0.05) is 34.6 Å². The van der Waals surface area contributed by atoms with Crippen molar-refractivity contribution in [3.05, 3.63) is 0 Å². The van der Waals surface area contributed by atoms with Crippen LogP contribution in [0.25, 0.3) is 0 Å². The molecule has 0 aromatic rings. The smallest absolute Gasteiger partial charge is 0.150 e. The Kier molecular flexibility index (Phi) is 5.81. The molecule has 0 aromatic heterocycles. The van der Waals surface area contributed by atoms with Crippen LogP contribution in [0, 0.1) is 5.41 Å². The predicted octanol–water partition coefficient (Wildman–Crippen LogP) is 1.84. The van der Waals surface area contributed by atoms with Gasteiger partial charge >= 0.3 is 0 Å². The van der Waals surface area contributed by atoms with Crippen LogP contribution in [0.3, 0.4) is 0 Å². The fourth-order valence-electron chi connectivity index (χ4n) is 1.14. The molecule has 0 rings (SSSR count). The first-order valence-corrected chi connectivity index (χ1v) is 7.44. The third-order valence-electron chi connectivity index (χ3n) is 2.52. The van der Waals surface area contributed by atoms with Crippen molar-refractivity contribution in [3.63, 3.8) is 0 Å². The summed E-state index contributed by atoms with van der Waals surface area (Å²) in [6.07, 6.45) is 0.725. The maximum atomic E-state index is 11.4. The number of sulfone groups is 1. The van der Waals surface area contributed by atoms with Gasteiger partial charge in [0.2, 0.25) is 0 Å². The van der Waals surface area contributed by atoms with Crippen LogP contribution in [0.5, 0.6) is 0 Å². The van der Waals surface area contributed by atoms with Crippen LogP contribution in [-0.4, -0.2) is 32.5 Å². The highest BCUT2D eigenvalue weighted by Crippen LogP contribution is 2.20. The van der Waals surface area contributed by atoms with E-state index in [1.54, 1.807) is 6.92 Å². The van der Waals surface area contributed by atoms with E-state index in [2.05, 4.69) is 33.0 Å². The van der Waals surface area contributed by atoms with Gasteiger partial charge in [0.1, 0.15) is 9.84 Å². The number of rotatable bonds is 7. The monoisotopic (exact) mass is 235 g/mol. The molecule has 0 aliphatic carbocycles. The van der Waals surface area contributed by atoms with Gasteiger partial charge in [0.25, 0.3) is 0 Å². The van der Waals surface area contributed by atoms with E-state index < -0.39 is 9.84 Å². The topological polar surface area (TPSA) is 46.2 Å². The Morgan fingerprint density at radius 3 is 2.20 bits per heavy atom. The Bertz CT molecular complexity index is 268. The van der Waals surface area contributed by atoms with Crippen LogP contribution >= 0.6 is 0 Å². The summed E-state index contributed by atoms with van der Waals surface area (Å²) in [5.41, 5.74) is 0.0481. The van der Waals surface area contributed by atoms with Crippen LogP contribution < -0.4 is 5.32 Å². The van der Waals surface area contributed by atoms with E-state index >= 15 is 0 Å². The van der Waals surface area contributed by atoms with Crippen molar-refractivity contribution in [2.75, 3.05) is 18.1 Å². The predicted molar refractivity (Wildman–Crippen MR) is 65.9 cm³/mol. The molecule has 0 saturated heterocycles. The van der Waals surface area contributed by atoms with Crippen molar-refractivity contribution in [2.24, 2.45) is 5.41 Å². The molecule has 0 aliphatic rings. The van der Waals surface area contributed by atoms with E-state index in [0.29, 0.717) is 11.8 Å². The summed E-state index contributed by atoms with van der Waals surface area (Å²) >= 11 is 0. The molecule has 92 valence electrons. The fraction of sp³-hybridized carbons (Fsp3) is 1.00. The molecule has 0 aliphatic heterocycles. The summed E-state index contributed by atoms with van der Waals surface area (Å²) in [5, 5.41) is 3.35. The summed E-state index contributed by atoms with van der Waals surface area (Å²) < 4.78 is 22.7. The van der Waals surface area contributed by atoms with Gasteiger partial charge in [0.05, 0.1) is 5.75 Å². The van der Waals surface area contributed by atoms with Crippen LogP contribution in [-0.2, 0) is 9.84 Å². The van der Waals surface area contributed by atoms with Gasteiger partial charge in [-0.15, -0.1) is 0 Å². The van der Waals surface area contributed by atoms with E-state index in [0.717, 1.165) is 13.0 Å². The second kappa shape index (κ2) is 5.85. The first kappa shape index (κ1) is 14.9. The second-order valence-corrected chi connectivity index (χ2v) is 7.66. The normalized spacial score (nSPS) is 13.5. The minimum absolute atomic E-state index is 0.0481. The number of hydrogen-bond acceptors (Lipinski definition) is 3. The van der Waals surface area contributed by atoms with Crippen molar-refractivity contribution < 1.29 is 8.42 Å². The molecule has 0 saturated carbocycles. The minimum Gasteiger partial charge on any atom is -0.314 e. The van der Waals surface area contributed by atoms with Crippen molar-refractivity contribution in [2.45, 2.75) is 47.1 Å². The maximum absolute atomic E-state index is 11.4. The fourth-order valence-corrected chi connectivity index (χ4v) is 2.30. The summed E-state index contributed by atoms with van der Waals surface area (Å²) in [4.78, 5) is 0. The SMILES string of the molecule is CCS(=O)(=O)CCC(C)(C)CNC(C)C. The standard InChI is InChI=1S/C11H25NO2S/c1-6-15(13,14)8-7-11(4,5)9-12-10(2)3/h10,12H,6-9H2,1-5H3. The molecule has 0 spiro atoms.